The van der Waals surface area contributed by atoms with Gasteiger partial charge in [0.05, 0.1) is 22.3 Å². The Morgan fingerprint density at radius 1 is 1.24 bits per heavy atom. The maximum Gasteiger partial charge on any atom is 0.325 e. The zero-order chi connectivity index (χ0) is 23.9. The number of amides is 4. The van der Waals surface area contributed by atoms with Crippen LogP contribution in [0.15, 0.2) is 48.5 Å². The fraction of sp³-hybridized carbons (Fsp3) is 0.360. The second kappa shape index (κ2) is 8.72. The number of hydrogen-bond acceptors (Lipinski definition) is 6. The molecule has 2 fully saturated rings. The molecule has 0 saturated carbocycles. The molecule has 2 aromatic carbocycles. The lowest BCUT2D eigenvalue weighted by Gasteiger charge is -2.32. The third kappa shape index (κ3) is 3.90. The Bertz CT molecular complexity index is 1240. The van der Waals surface area contributed by atoms with Crippen molar-refractivity contribution in [2.45, 2.75) is 31.2 Å². The largest absolute Gasteiger partial charge is 0.497 e. The van der Waals surface area contributed by atoms with E-state index in [1.54, 1.807) is 54.5 Å². The molecule has 9 heteroatoms. The second-order valence-corrected chi connectivity index (χ2v) is 9.94. The van der Waals surface area contributed by atoms with Crippen LogP contribution in [0.3, 0.4) is 0 Å². The number of piperidine rings is 1. The van der Waals surface area contributed by atoms with E-state index in [4.69, 9.17) is 9.72 Å². The zero-order valence-corrected chi connectivity index (χ0v) is 19.9. The summed E-state index contributed by atoms with van der Waals surface area (Å²) < 4.78 is 6.39. The zero-order valence-electron chi connectivity index (χ0n) is 19.1. The van der Waals surface area contributed by atoms with Crippen LogP contribution in [0.1, 0.15) is 36.3 Å². The number of hydrogen-bond donors (Lipinski definition) is 1. The van der Waals surface area contributed by atoms with E-state index in [2.05, 4.69) is 11.4 Å². The van der Waals surface area contributed by atoms with E-state index in [9.17, 15) is 14.4 Å². The summed E-state index contributed by atoms with van der Waals surface area (Å²) in [5.74, 6) is 0.0628. The first-order valence-electron chi connectivity index (χ1n) is 11.3. The van der Waals surface area contributed by atoms with Crippen LogP contribution in [0.4, 0.5) is 4.79 Å². The number of aromatic nitrogens is 1. The number of fused-ring (bicyclic) bond motifs is 1. The molecule has 8 nitrogen and oxygen atoms in total. The fourth-order valence-electron chi connectivity index (χ4n) is 4.68. The minimum atomic E-state index is -1.25. The normalized spacial score (nSPS) is 22.8. The van der Waals surface area contributed by atoms with Gasteiger partial charge in [0, 0.05) is 19.0 Å². The summed E-state index contributed by atoms with van der Waals surface area (Å²) in [7, 11) is 1.54. The van der Waals surface area contributed by atoms with Crippen molar-refractivity contribution >= 4 is 39.4 Å². The molecule has 0 aliphatic carbocycles. The van der Waals surface area contributed by atoms with Crippen LogP contribution in [0, 0.1) is 0 Å². The molecular formula is C25H26N4O4S. The number of rotatable bonds is 5. The van der Waals surface area contributed by atoms with E-state index in [1.807, 2.05) is 18.2 Å². The van der Waals surface area contributed by atoms with Gasteiger partial charge in [-0.2, -0.15) is 0 Å². The van der Waals surface area contributed by atoms with Gasteiger partial charge in [0.15, 0.2) is 0 Å². The maximum absolute atomic E-state index is 13.3. The summed E-state index contributed by atoms with van der Waals surface area (Å²) in [6, 6.07) is 14.5. The molecule has 5 rings (SSSR count). The molecule has 2 atom stereocenters. The lowest BCUT2D eigenvalue weighted by Crippen LogP contribution is -2.47. The molecule has 2 saturated heterocycles. The van der Waals surface area contributed by atoms with Crippen molar-refractivity contribution in [1.29, 1.82) is 0 Å². The summed E-state index contributed by atoms with van der Waals surface area (Å²) in [5.41, 5.74) is 0.327. The number of benzene rings is 2. The van der Waals surface area contributed by atoms with Gasteiger partial charge >= 0.3 is 6.03 Å². The summed E-state index contributed by atoms with van der Waals surface area (Å²) in [5, 5.41) is 3.79. The number of urea groups is 1. The minimum absolute atomic E-state index is 0.153. The molecule has 1 N–H and O–H groups in total. The highest BCUT2D eigenvalue weighted by molar-refractivity contribution is 7.18. The molecule has 1 aromatic heterocycles. The van der Waals surface area contributed by atoms with Gasteiger partial charge in [0.2, 0.25) is 5.91 Å². The van der Waals surface area contributed by atoms with Gasteiger partial charge in [-0.15, -0.1) is 11.3 Å². The van der Waals surface area contributed by atoms with E-state index in [-0.39, 0.29) is 18.4 Å². The number of thiazole rings is 1. The van der Waals surface area contributed by atoms with Gasteiger partial charge in [0.1, 0.15) is 17.8 Å². The number of para-hydroxylation sites is 1. The van der Waals surface area contributed by atoms with Crippen LogP contribution in [0.25, 0.3) is 10.2 Å². The molecule has 34 heavy (non-hydrogen) atoms. The van der Waals surface area contributed by atoms with Crippen LogP contribution in [0.2, 0.25) is 0 Å². The molecule has 3 heterocycles. The van der Waals surface area contributed by atoms with Crippen molar-refractivity contribution in [1.82, 2.24) is 20.1 Å². The van der Waals surface area contributed by atoms with E-state index < -0.39 is 17.5 Å². The fourth-order valence-corrected chi connectivity index (χ4v) is 5.77. The molecule has 0 unspecified atom stereocenters. The third-order valence-corrected chi connectivity index (χ3v) is 7.85. The van der Waals surface area contributed by atoms with Crippen LogP contribution in [0.5, 0.6) is 5.75 Å². The monoisotopic (exact) mass is 478 g/mol. The Hall–Kier alpha value is -3.46. The lowest BCUT2D eigenvalue weighted by molar-refractivity contribution is -0.139. The number of likely N-dealkylation sites (tertiary alicyclic amines) is 1. The number of carbonyl (C=O) groups is 3. The molecular weight excluding hydrogens is 452 g/mol. The minimum Gasteiger partial charge on any atom is -0.497 e. The number of methoxy groups -OCH3 is 1. The highest BCUT2D eigenvalue weighted by atomic mass is 32.1. The van der Waals surface area contributed by atoms with Gasteiger partial charge in [-0.25, -0.2) is 9.78 Å². The van der Waals surface area contributed by atoms with Crippen molar-refractivity contribution in [3.05, 3.63) is 59.1 Å². The molecule has 0 bridgehead atoms. The van der Waals surface area contributed by atoms with Crippen LogP contribution < -0.4 is 10.1 Å². The van der Waals surface area contributed by atoms with Gasteiger partial charge in [-0.1, -0.05) is 24.3 Å². The van der Waals surface area contributed by atoms with E-state index in [0.29, 0.717) is 24.4 Å². The first-order chi connectivity index (χ1) is 16.4. The Morgan fingerprint density at radius 2 is 2.06 bits per heavy atom. The van der Waals surface area contributed by atoms with Crippen LogP contribution >= 0.6 is 11.3 Å². The maximum atomic E-state index is 13.3. The summed E-state index contributed by atoms with van der Waals surface area (Å²) in [6.07, 6.45) is 1.81. The van der Waals surface area contributed by atoms with Crippen molar-refractivity contribution in [3.63, 3.8) is 0 Å². The Morgan fingerprint density at radius 3 is 2.85 bits per heavy atom. The first-order valence-corrected chi connectivity index (χ1v) is 12.1. The average Bonchev–Trinajstić information content (AvgIpc) is 3.39. The van der Waals surface area contributed by atoms with Crippen LogP contribution in [-0.4, -0.2) is 59.4 Å². The van der Waals surface area contributed by atoms with Gasteiger partial charge in [0.25, 0.3) is 5.91 Å². The molecule has 0 radical (unpaired) electrons. The standard InChI is InChI=1S/C25H26N4O4S/c1-25(17-8-5-9-18(13-17)33-2)23(31)29(24(32)27-25)15-21(30)28-12-6-7-16(14-28)22-26-19-10-3-4-11-20(19)34-22/h3-5,8-11,13,16H,6-7,12,14-15H2,1-2H3,(H,27,32)/t16-,25-/m0/s1. The van der Waals surface area contributed by atoms with E-state index >= 15 is 0 Å². The summed E-state index contributed by atoms with van der Waals surface area (Å²) >= 11 is 1.66. The lowest BCUT2D eigenvalue weighted by atomic mass is 9.92. The summed E-state index contributed by atoms with van der Waals surface area (Å²) in [4.78, 5) is 46.7. The predicted molar refractivity (Wildman–Crippen MR) is 129 cm³/mol. The Kier molecular flexibility index (Phi) is 5.73. The van der Waals surface area contributed by atoms with Gasteiger partial charge in [-0.3, -0.25) is 14.5 Å². The molecule has 176 valence electrons. The highest BCUT2D eigenvalue weighted by Gasteiger charge is 2.50. The molecule has 2 aliphatic rings. The molecule has 3 aromatic rings. The van der Waals surface area contributed by atoms with Crippen molar-refractivity contribution in [2.75, 3.05) is 26.7 Å². The van der Waals surface area contributed by atoms with Crippen molar-refractivity contribution in [3.8, 4) is 5.75 Å². The van der Waals surface area contributed by atoms with Crippen LogP contribution in [-0.2, 0) is 15.1 Å². The first kappa shape index (κ1) is 22.3. The smallest absolute Gasteiger partial charge is 0.325 e. The highest BCUT2D eigenvalue weighted by Crippen LogP contribution is 2.34. The molecule has 0 spiro atoms. The number of ether oxygens (including phenoxy) is 1. The van der Waals surface area contributed by atoms with Crippen molar-refractivity contribution < 1.29 is 19.1 Å². The quantitative estimate of drug-likeness (QED) is 0.567. The van der Waals surface area contributed by atoms with Crippen molar-refractivity contribution in [2.24, 2.45) is 0 Å². The molecule has 2 aliphatic heterocycles. The predicted octanol–water partition coefficient (Wildman–Crippen LogP) is 3.48. The SMILES string of the molecule is COc1cccc([C@]2(C)NC(=O)N(CC(=O)N3CCC[C@H](c4nc5ccccc5s4)C3)C2=O)c1. The molecule has 4 amide bonds. The van der Waals surface area contributed by atoms with E-state index in [1.165, 1.54) is 0 Å². The number of carbonyl (C=O) groups excluding carboxylic acids is 3. The number of nitrogens with one attached hydrogen (secondary N) is 1. The topological polar surface area (TPSA) is 91.8 Å². The Balaban J connectivity index is 1.29. The average molecular weight is 479 g/mol. The van der Waals surface area contributed by atoms with Gasteiger partial charge in [-0.05, 0) is 49.6 Å². The Labute approximate surface area is 201 Å². The third-order valence-electron chi connectivity index (χ3n) is 6.65. The van der Waals surface area contributed by atoms with E-state index in [0.717, 1.165) is 33.0 Å². The second-order valence-electron chi connectivity index (χ2n) is 8.88. The van der Waals surface area contributed by atoms with Gasteiger partial charge < -0.3 is 15.0 Å². The number of nitrogens with zero attached hydrogens (tertiary/aromatic N) is 3. The number of imide groups is 1. The summed E-state index contributed by atoms with van der Waals surface area (Å²) in [6.45, 7) is 2.51.